The number of aromatic nitrogens is 3. The summed E-state index contributed by atoms with van der Waals surface area (Å²) in [5.41, 5.74) is 2.21. The number of carbonyl (C=O) groups is 1. The predicted octanol–water partition coefficient (Wildman–Crippen LogP) is 2.74. The van der Waals surface area contributed by atoms with E-state index in [-0.39, 0.29) is 11.4 Å². The summed E-state index contributed by atoms with van der Waals surface area (Å²) in [6.07, 6.45) is 3.52. The van der Waals surface area contributed by atoms with Crippen LogP contribution < -0.4 is 5.32 Å². The lowest BCUT2D eigenvalue weighted by Gasteiger charge is -2.38. The van der Waals surface area contributed by atoms with Crippen LogP contribution in [0.5, 0.6) is 0 Å². The van der Waals surface area contributed by atoms with Gasteiger partial charge in [0.1, 0.15) is 0 Å². The number of likely N-dealkylation sites (tertiary alicyclic amines) is 1. The molecule has 0 saturated carbocycles. The highest BCUT2D eigenvalue weighted by molar-refractivity contribution is 5.89. The average Bonchev–Trinajstić information content (AvgIpc) is 2.94. The monoisotopic (exact) mass is 313 g/mol. The Kier molecular flexibility index (Phi) is 4.07. The van der Waals surface area contributed by atoms with Crippen molar-refractivity contribution in [1.29, 1.82) is 0 Å². The second-order valence-electron chi connectivity index (χ2n) is 7.15. The summed E-state index contributed by atoms with van der Waals surface area (Å²) >= 11 is 0. The summed E-state index contributed by atoms with van der Waals surface area (Å²) < 4.78 is 1.81. The summed E-state index contributed by atoms with van der Waals surface area (Å²) in [5.74, 6) is 0.450. The van der Waals surface area contributed by atoms with Crippen molar-refractivity contribution in [2.75, 3.05) is 18.4 Å². The lowest BCUT2D eigenvalue weighted by molar-refractivity contribution is 0.117. The summed E-state index contributed by atoms with van der Waals surface area (Å²) in [4.78, 5) is 14.0. The SMILES string of the molecule is CC(C)(C)c1ccc(NC(=O)N2CC(Cn3ccnn3)C2)cc1. The Hall–Kier alpha value is -2.37. The minimum absolute atomic E-state index is 0.0386. The van der Waals surface area contributed by atoms with E-state index in [9.17, 15) is 4.79 Å². The molecule has 122 valence electrons. The molecule has 1 fully saturated rings. The standard InChI is InChI=1S/C17H23N5O/c1-17(2,3)14-4-6-15(7-5-14)19-16(23)21-10-13(11-21)12-22-9-8-18-20-22/h4-9,13H,10-12H2,1-3H3,(H,19,23). The molecule has 0 radical (unpaired) electrons. The zero-order valence-corrected chi connectivity index (χ0v) is 13.9. The Morgan fingerprint density at radius 3 is 2.52 bits per heavy atom. The molecule has 0 bridgehead atoms. The van der Waals surface area contributed by atoms with Crippen LogP contribution >= 0.6 is 0 Å². The van der Waals surface area contributed by atoms with Crippen LogP contribution in [0.1, 0.15) is 26.3 Å². The largest absolute Gasteiger partial charge is 0.324 e. The number of carbonyl (C=O) groups excluding carboxylic acids is 1. The molecule has 0 aliphatic carbocycles. The third-order valence-electron chi connectivity index (χ3n) is 4.16. The van der Waals surface area contributed by atoms with Gasteiger partial charge in [-0.3, -0.25) is 4.68 Å². The first kappa shape index (κ1) is 15.5. The van der Waals surface area contributed by atoms with Crippen molar-refractivity contribution in [2.24, 2.45) is 5.92 Å². The zero-order valence-electron chi connectivity index (χ0n) is 13.9. The summed E-state index contributed by atoms with van der Waals surface area (Å²) in [6.45, 7) is 8.85. The highest BCUT2D eigenvalue weighted by atomic mass is 16.2. The molecule has 3 rings (SSSR count). The van der Waals surface area contributed by atoms with Crippen molar-refractivity contribution in [3.63, 3.8) is 0 Å². The van der Waals surface area contributed by atoms with Crippen molar-refractivity contribution in [2.45, 2.75) is 32.7 Å². The minimum Gasteiger partial charge on any atom is -0.324 e. The first-order chi connectivity index (χ1) is 10.9. The lowest BCUT2D eigenvalue weighted by atomic mass is 9.87. The maximum Gasteiger partial charge on any atom is 0.321 e. The van der Waals surface area contributed by atoms with Crippen LogP contribution in [-0.4, -0.2) is 39.0 Å². The first-order valence-corrected chi connectivity index (χ1v) is 7.92. The molecule has 0 unspecified atom stereocenters. The van der Waals surface area contributed by atoms with Crippen molar-refractivity contribution in [3.05, 3.63) is 42.2 Å². The minimum atomic E-state index is -0.0386. The van der Waals surface area contributed by atoms with Gasteiger partial charge in [0.05, 0.1) is 6.20 Å². The Labute approximate surface area is 136 Å². The molecule has 6 heteroatoms. The molecular weight excluding hydrogens is 290 g/mol. The highest BCUT2D eigenvalue weighted by Gasteiger charge is 2.31. The quantitative estimate of drug-likeness (QED) is 0.947. The molecule has 1 aromatic heterocycles. The van der Waals surface area contributed by atoms with Crippen LogP contribution in [0, 0.1) is 5.92 Å². The number of nitrogens with one attached hydrogen (secondary N) is 1. The van der Waals surface area contributed by atoms with Gasteiger partial charge >= 0.3 is 6.03 Å². The second kappa shape index (κ2) is 6.02. The van der Waals surface area contributed by atoms with Gasteiger partial charge in [-0.2, -0.15) is 0 Å². The fraction of sp³-hybridized carbons (Fsp3) is 0.471. The molecule has 2 aromatic rings. The number of amides is 2. The molecule has 0 spiro atoms. The molecular formula is C17H23N5O. The molecule has 1 saturated heterocycles. The van der Waals surface area contributed by atoms with Gasteiger partial charge in [0.25, 0.3) is 0 Å². The Balaban J connectivity index is 1.49. The van der Waals surface area contributed by atoms with Crippen LogP contribution in [0.4, 0.5) is 10.5 Å². The maximum absolute atomic E-state index is 12.2. The van der Waals surface area contributed by atoms with E-state index in [0.29, 0.717) is 5.92 Å². The second-order valence-corrected chi connectivity index (χ2v) is 7.15. The van der Waals surface area contributed by atoms with Gasteiger partial charge in [-0.1, -0.05) is 38.1 Å². The molecule has 1 aliphatic rings. The van der Waals surface area contributed by atoms with Gasteiger partial charge < -0.3 is 10.2 Å². The van der Waals surface area contributed by atoms with Crippen molar-refractivity contribution < 1.29 is 4.79 Å². The van der Waals surface area contributed by atoms with Crippen molar-refractivity contribution >= 4 is 11.7 Å². The van der Waals surface area contributed by atoms with Gasteiger partial charge in [-0.25, -0.2) is 4.79 Å². The van der Waals surface area contributed by atoms with Crippen molar-refractivity contribution in [3.8, 4) is 0 Å². The number of hydrogen-bond acceptors (Lipinski definition) is 3. The van der Waals surface area contributed by atoms with Crippen molar-refractivity contribution in [1.82, 2.24) is 19.9 Å². The Morgan fingerprint density at radius 1 is 1.26 bits per heavy atom. The maximum atomic E-state index is 12.2. The predicted molar refractivity (Wildman–Crippen MR) is 89.2 cm³/mol. The number of hydrogen-bond donors (Lipinski definition) is 1. The fourth-order valence-corrected chi connectivity index (χ4v) is 2.70. The van der Waals surface area contributed by atoms with Gasteiger partial charge in [0.2, 0.25) is 0 Å². The highest BCUT2D eigenvalue weighted by Crippen LogP contribution is 2.24. The fourth-order valence-electron chi connectivity index (χ4n) is 2.70. The number of urea groups is 1. The molecule has 23 heavy (non-hydrogen) atoms. The van der Waals surface area contributed by atoms with Crippen LogP contribution in [0.25, 0.3) is 0 Å². The van der Waals surface area contributed by atoms with Crippen LogP contribution in [0.2, 0.25) is 0 Å². The summed E-state index contributed by atoms with van der Waals surface area (Å²) in [7, 11) is 0. The van der Waals surface area contributed by atoms with E-state index in [1.807, 2.05) is 27.9 Å². The smallest absolute Gasteiger partial charge is 0.321 e. The number of nitrogens with zero attached hydrogens (tertiary/aromatic N) is 4. The molecule has 1 N–H and O–H groups in total. The van der Waals surface area contributed by atoms with E-state index in [1.165, 1.54) is 5.56 Å². The van der Waals surface area contributed by atoms with Crippen LogP contribution in [0.3, 0.4) is 0 Å². The number of benzene rings is 1. The van der Waals surface area contributed by atoms with E-state index < -0.39 is 0 Å². The number of rotatable bonds is 3. The summed E-state index contributed by atoms with van der Waals surface area (Å²) in [5, 5.41) is 10.7. The van der Waals surface area contributed by atoms with Gasteiger partial charge in [0.15, 0.2) is 0 Å². The Morgan fingerprint density at radius 2 is 1.96 bits per heavy atom. The average molecular weight is 313 g/mol. The third-order valence-corrected chi connectivity index (χ3v) is 4.16. The van der Waals surface area contributed by atoms with E-state index in [0.717, 1.165) is 25.3 Å². The molecule has 2 heterocycles. The van der Waals surface area contributed by atoms with Gasteiger partial charge in [0, 0.05) is 37.4 Å². The van der Waals surface area contributed by atoms with E-state index >= 15 is 0 Å². The first-order valence-electron chi connectivity index (χ1n) is 7.92. The van der Waals surface area contributed by atoms with E-state index in [4.69, 9.17) is 0 Å². The topological polar surface area (TPSA) is 63.1 Å². The zero-order chi connectivity index (χ0) is 16.4. The number of anilines is 1. The normalized spacial score (nSPS) is 15.3. The Bertz CT molecular complexity index is 651. The molecule has 6 nitrogen and oxygen atoms in total. The van der Waals surface area contributed by atoms with Crippen LogP contribution in [0.15, 0.2) is 36.7 Å². The molecule has 0 atom stereocenters. The summed E-state index contributed by atoms with van der Waals surface area (Å²) in [6, 6.07) is 8.03. The molecule has 2 amide bonds. The van der Waals surface area contributed by atoms with E-state index in [1.54, 1.807) is 6.20 Å². The molecule has 1 aromatic carbocycles. The molecule has 1 aliphatic heterocycles. The van der Waals surface area contributed by atoms with Crippen LogP contribution in [-0.2, 0) is 12.0 Å². The van der Waals surface area contributed by atoms with Gasteiger partial charge in [-0.15, -0.1) is 5.10 Å². The third kappa shape index (κ3) is 3.70. The van der Waals surface area contributed by atoms with E-state index in [2.05, 4.69) is 48.5 Å². The van der Waals surface area contributed by atoms with Gasteiger partial charge in [-0.05, 0) is 23.1 Å². The lowest BCUT2D eigenvalue weighted by Crippen LogP contribution is -2.53.